The summed E-state index contributed by atoms with van der Waals surface area (Å²) < 4.78 is 0. The molecule has 0 radical (unpaired) electrons. The molecular weight excluding hydrogens is 458 g/mol. The van der Waals surface area contributed by atoms with Gasteiger partial charge in [0.05, 0.1) is 5.69 Å². The van der Waals surface area contributed by atoms with Crippen molar-refractivity contribution >= 4 is 43.7 Å². The van der Waals surface area contributed by atoms with Crippen molar-refractivity contribution in [1.82, 2.24) is 0 Å². The van der Waals surface area contributed by atoms with Gasteiger partial charge in [-0.3, -0.25) is 0 Å². The highest BCUT2D eigenvalue weighted by Gasteiger charge is 2.24. The molecule has 0 spiro atoms. The SMILES string of the molecule is C/C=C\C=C/[C@H](C)N(c1cccc2ccccc12)c1c2ccccc2c(-c2ccccc2)c2ccccc12. The summed E-state index contributed by atoms with van der Waals surface area (Å²) in [7, 11) is 0. The molecule has 1 atom stereocenters. The van der Waals surface area contributed by atoms with Gasteiger partial charge in [0, 0.05) is 27.9 Å². The molecular formula is C37H31N. The fourth-order valence-corrected chi connectivity index (χ4v) is 5.66. The minimum Gasteiger partial charge on any atom is -0.333 e. The number of hydrogen-bond acceptors (Lipinski definition) is 1. The van der Waals surface area contributed by atoms with Crippen LogP contribution in [0.2, 0.25) is 0 Å². The Morgan fingerprint density at radius 2 is 1.11 bits per heavy atom. The summed E-state index contributed by atoms with van der Waals surface area (Å²) >= 11 is 0. The Morgan fingerprint density at radius 3 is 1.76 bits per heavy atom. The molecule has 184 valence electrons. The second-order valence-electron chi connectivity index (χ2n) is 9.70. The van der Waals surface area contributed by atoms with Gasteiger partial charge in [0.1, 0.15) is 0 Å². The summed E-state index contributed by atoms with van der Waals surface area (Å²) in [5.74, 6) is 0. The number of hydrogen-bond donors (Lipinski definition) is 0. The van der Waals surface area contributed by atoms with E-state index in [1.165, 1.54) is 54.8 Å². The van der Waals surface area contributed by atoms with Gasteiger partial charge in [0.2, 0.25) is 0 Å². The van der Waals surface area contributed by atoms with Gasteiger partial charge in [-0.15, -0.1) is 0 Å². The first kappa shape index (κ1) is 23.8. The first-order chi connectivity index (χ1) is 18.8. The van der Waals surface area contributed by atoms with Crippen LogP contribution >= 0.6 is 0 Å². The minimum absolute atomic E-state index is 0.117. The number of nitrogens with zero attached hydrogens (tertiary/aromatic N) is 1. The highest BCUT2D eigenvalue weighted by Crippen LogP contribution is 2.47. The molecule has 6 aromatic rings. The van der Waals surface area contributed by atoms with Crippen LogP contribution in [0.4, 0.5) is 11.4 Å². The van der Waals surface area contributed by atoms with E-state index >= 15 is 0 Å². The third-order valence-electron chi connectivity index (χ3n) is 7.33. The zero-order chi connectivity index (χ0) is 25.9. The first-order valence-corrected chi connectivity index (χ1v) is 13.3. The number of anilines is 2. The zero-order valence-electron chi connectivity index (χ0n) is 21.9. The van der Waals surface area contributed by atoms with Crippen molar-refractivity contribution in [3.63, 3.8) is 0 Å². The Hall–Kier alpha value is -4.62. The quantitative estimate of drug-likeness (QED) is 0.166. The normalized spacial score (nSPS) is 12.7. The van der Waals surface area contributed by atoms with Crippen molar-refractivity contribution in [2.45, 2.75) is 19.9 Å². The van der Waals surface area contributed by atoms with Gasteiger partial charge in [0.15, 0.2) is 0 Å². The van der Waals surface area contributed by atoms with Crippen molar-refractivity contribution in [2.24, 2.45) is 0 Å². The Morgan fingerprint density at radius 1 is 0.553 bits per heavy atom. The topological polar surface area (TPSA) is 3.24 Å². The molecule has 0 bridgehead atoms. The lowest BCUT2D eigenvalue weighted by molar-refractivity contribution is 0.874. The van der Waals surface area contributed by atoms with Gasteiger partial charge in [0.25, 0.3) is 0 Å². The van der Waals surface area contributed by atoms with Crippen molar-refractivity contribution in [1.29, 1.82) is 0 Å². The van der Waals surface area contributed by atoms with Crippen LogP contribution in [0.5, 0.6) is 0 Å². The van der Waals surface area contributed by atoms with Crippen molar-refractivity contribution < 1.29 is 0 Å². The van der Waals surface area contributed by atoms with Crippen LogP contribution in [-0.4, -0.2) is 6.04 Å². The van der Waals surface area contributed by atoms with Gasteiger partial charge in [-0.1, -0.05) is 140 Å². The largest absolute Gasteiger partial charge is 0.333 e. The molecule has 0 fully saturated rings. The Labute approximate surface area is 225 Å². The lowest BCUT2D eigenvalue weighted by atomic mass is 9.89. The maximum absolute atomic E-state index is 2.53. The molecule has 0 aromatic heterocycles. The molecule has 0 aliphatic rings. The van der Waals surface area contributed by atoms with Gasteiger partial charge in [-0.2, -0.15) is 0 Å². The van der Waals surface area contributed by atoms with Gasteiger partial charge in [-0.25, -0.2) is 0 Å². The predicted octanol–water partition coefficient (Wildman–Crippen LogP) is 10.5. The molecule has 1 heteroatoms. The van der Waals surface area contributed by atoms with Crippen LogP contribution in [-0.2, 0) is 0 Å². The summed E-state index contributed by atoms with van der Waals surface area (Å²) in [5.41, 5.74) is 4.98. The lowest BCUT2D eigenvalue weighted by Crippen LogP contribution is -2.27. The van der Waals surface area contributed by atoms with Crippen LogP contribution in [0, 0.1) is 0 Å². The number of allylic oxidation sites excluding steroid dienone is 3. The average molecular weight is 490 g/mol. The molecule has 6 aromatic carbocycles. The van der Waals surface area contributed by atoms with Gasteiger partial charge >= 0.3 is 0 Å². The zero-order valence-corrected chi connectivity index (χ0v) is 21.9. The molecule has 38 heavy (non-hydrogen) atoms. The number of benzene rings is 6. The van der Waals surface area contributed by atoms with Crippen LogP contribution in [0.15, 0.2) is 146 Å². The molecule has 0 amide bonds. The summed E-state index contributed by atoms with van der Waals surface area (Å²) in [4.78, 5) is 2.53. The van der Waals surface area contributed by atoms with Crippen LogP contribution in [0.1, 0.15) is 13.8 Å². The molecule has 1 nitrogen and oxygen atoms in total. The molecule has 0 heterocycles. The fraction of sp³-hybridized carbons (Fsp3) is 0.0811. The van der Waals surface area contributed by atoms with Crippen molar-refractivity contribution in [3.8, 4) is 11.1 Å². The molecule has 0 aliphatic carbocycles. The van der Waals surface area contributed by atoms with E-state index in [4.69, 9.17) is 0 Å². The Kier molecular flexibility index (Phi) is 6.50. The summed E-state index contributed by atoms with van der Waals surface area (Å²) in [6, 6.07) is 44.0. The maximum atomic E-state index is 2.53. The summed E-state index contributed by atoms with van der Waals surface area (Å²) in [6.07, 6.45) is 8.62. The van der Waals surface area contributed by atoms with Crippen LogP contribution < -0.4 is 4.90 Å². The van der Waals surface area contributed by atoms with Crippen LogP contribution in [0.3, 0.4) is 0 Å². The third kappa shape index (κ3) is 4.17. The third-order valence-corrected chi connectivity index (χ3v) is 7.33. The average Bonchev–Trinajstić information content (AvgIpc) is 2.97. The minimum atomic E-state index is 0.117. The van der Waals surface area contributed by atoms with E-state index < -0.39 is 0 Å². The van der Waals surface area contributed by atoms with Crippen molar-refractivity contribution in [3.05, 3.63) is 146 Å². The van der Waals surface area contributed by atoms with E-state index in [-0.39, 0.29) is 6.04 Å². The number of fused-ring (bicyclic) bond motifs is 3. The second kappa shape index (κ2) is 10.4. The van der Waals surface area contributed by atoms with E-state index in [0.717, 1.165) is 0 Å². The molecule has 6 rings (SSSR count). The predicted molar refractivity (Wildman–Crippen MR) is 166 cm³/mol. The van der Waals surface area contributed by atoms with E-state index in [1.54, 1.807) is 0 Å². The van der Waals surface area contributed by atoms with Gasteiger partial charge in [-0.05, 0) is 47.2 Å². The molecule has 0 aliphatic heterocycles. The standard InChI is InChI=1S/C37H31N/c1-3-4-6-16-27(2)38(35-26-15-20-28-17-9-10-21-30(28)35)37-33-24-13-11-22-31(33)36(29-18-7-5-8-19-29)32-23-12-14-25-34(32)37/h3-27H,1-2H3/b4-3-,16-6-/t27-/m0/s1. The monoisotopic (exact) mass is 489 g/mol. The van der Waals surface area contributed by atoms with E-state index in [9.17, 15) is 0 Å². The van der Waals surface area contributed by atoms with Gasteiger partial charge < -0.3 is 4.90 Å². The number of rotatable bonds is 6. The van der Waals surface area contributed by atoms with E-state index in [0.29, 0.717) is 0 Å². The summed E-state index contributed by atoms with van der Waals surface area (Å²) in [5, 5.41) is 7.54. The second-order valence-corrected chi connectivity index (χ2v) is 9.70. The van der Waals surface area contributed by atoms with Crippen LogP contribution in [0.25, 0.3) is 43.4 Å². The highest BCUT2D eigenvalue weighted by molar-refractivity contribution is 6.22. The smallest absolute Gasteiger partial charge is 0.0576 e. The fourth-order valence-electron chi connectivity index (χ4n) is 5.66. The first-order valence-electron chi connectivity index (χ1n) is 13.3. The molecule has 0 saturated heterocycles. The molecule has 0 saturated carbocycles. The Bertz CT molecular complexity index is 1730. The Balaban J connectivity index is 1.75. The lowest BCUT2D eigenvalue weighted by Gasteiger charge is -2.34. The summed E-state index contributed by atoms with van der Waals surface area (Å²) in [6.45, 7) is 4.34. The van der Waals surface area contributed by atoms with E-state index in [1.807, 2.05) is 0 Å². The van der Waals surface area contributed by atoms with Crippen molar-refractivity contribution in [2.75, 3.05) is 4.90 Å². The maximum Gasteiger partial charge on any atom is 0.0576 e. The molecule has 0 N–H and O–H groups in total. The van der Waals surface area contributed by atoms with E-state index in [2.05, 4.69) is 164 Å². The molecule has 0 unspecified atom stereocenters. The highest BCUT2D eigenvalue weighted by atomic mass is 15.2.